The number of hydrogen-bond acceptors (Lipinski definition) is 13. The van der Waals surface area contributed by atoms with Crippen molar-refractivity contribution in [3.63, 3.8) is 0 Å². The molecule has 0 aromatic heterocycles. The molecule has 0 aromatic rings. The molecule has 6 N–H and O–H groups in total. The zero-order valence-electron chi connectivity index (χ0n) is 34.1. The highest BCUT2D eigenvalue weighted by Crippen LogP contribution is 2.44. The second-order valence-electron chi connectivity index (χ2n) is 14.9. The lowest BCUT2D eigenvalue weighted by molar-refractivity contribution is -0.161. The first kappa shape index (κ1) is 53.2. The van der Waals surface area contributed by atoms with Crippen molar-refractivity contribution in [2.45, 2.75) is 161 Å². The number of carbonyl (C=O) groups excluding carboxylic acids is 3. The molecule has 16 nitrogen and oxygen atoms in total. The number of rotatable bonds is 34. The van der Waals surface area contributed by atoms with Gasteiger partial charge in [-0.15, -0.1) is 0 Å². The summed E-state index contributed by atoms with van der Waals surface area (Å²) in [6.45, 7) is 3.56. The maximum Gasteiger partial charge on any atom is 0.472 e. The Labute approximate surface area is 338 Å². The summed E-state index contributed by atoms with van der Waals surface area (Å²) in [5.41, 5.74) is 0. The zero-order chi connectivity index (χ0) is 42.7. The molecule has 0 heterocycles. The third kappa shape index (κ3) is 27.6. The Morgan fingerprint density at radius 1 is 0.807 bits per heavy atom. The fourth-order valence-corrected chi connectivity index (χ4v) is 7.28. The van der Waals surface area contributed by atoms with E-state index in [-0.39, 0.29) is 25.0 Å². The summed E-state index contributed by atoms with van der Waals surface area (Å²) in [7, 11) is -9.77. The lowest BCUT2D eigenvalue weighted by Crippen LogP contribution is -2.29. The van der Waals surface area contributed by atoms with Crippen LogP contribution < -0.4 is 0 Å². The number of ether oxygens (including phenoxy) is 2. The van der Waals surface area contributed by atoms with Crippen LogP contribution in [0.15, 0.2) is 24.3 Å². The van der Waals surface area contributed by atoms with Gasteiger partial charge in [-0.2, -0.15) is 0 Å². The molecule has 0 radical (unpaired) electrons. The van der Waals surface area contributed by atoms with Gasteiger partial charge in [-0.3, -0.25) is 28.0 Å². The van der Waals surface area contributed by atoms with Gasteiger partial charge in [0, 0.05) is 31.1 Å². The largest absolute Gasteiger partial charge is 0.472 e. The van der Waals surface area contributed by atoms with E-state index in [2.05, 4.69) is 29.8 Å². The number of Topliss-reactive ketones (excluding diaryl/α,β-unsaturated/α-hetero) is 1. The molecule has 18 heteroatoms. The summed E-state index contributed by atoms with van der Waals surface area (Å²) >= 11 is 0. The molecule has 8 atom stereocenters. The summed E-state index contributed by atoms with van der Waals surface area (Å²) in [4.78, 5) is 65.3. The number of aliphatic hydroxyl groups excluding tert-OH is 3. The van der Waals surface area contributed by atoms with Crippen LogP contribution in [-0.2, 0) is 46.6 Å². The van der Waals surface area contributed by atoms with Gasteiger partial charge in [-0.1, -0.05) is 109 Å². The van der Waals surface area contributed by atoms with Crippen molar-refractivity contribution in [1.82, 2.24) is 0 Å². The first-order valence-electron chi connectivity index (χ1n) is 20.5. The maximum atomic E-state index is 12.7. The molecule has 2 unspecified atom stereocenters. The highest BCUT2D eigenvalue weighted by molar-refractivity contribution is 7.47. The van der Waals surface area contributed by atoms with E-state index in [4.69, 9.17) is 23.8 Å². The van der Waals surface area contributed by atoms with E-state index >= 15 is 0 Å². The van der Waals surface area contributed by atoms with Gasteiger partial charge < -0.3 is 39.5 Å². The van der Waals surface area contributed by atoms with Gasteiger partial charge in [0.1, 0.15) is 18.5 Å². The van der Waals surface area contributed by atoms with Crippen LogP contribution in [0.2, 0.25) is 0 Å². The summed E-state index contributed by atoms with van der Waals surface area (Å²) in [6.07, 6.45) is 15.8. The van der Waals surface area contributed by atoms with Gasteiger partial charge in [-0.25, -0.2) is 9.13 Å². The molecule has 0 aliphatic heterocycles. The van der Waals surface area contributed by atoms with Gasteiger partial charge in [-0.05, 0) is 38.0 Å². The molecule has 0 aromatic carbocycles. The minimum Gasteiger partial charge on any atom is -0.462 e. The SMILES string of the molecule is CCCCC[C@H](O)/C=C/[C@H]1[C@H](O)CC(=O)[C@@H]1C/C=C\CCCC(=O)O[C@H](COC(=O)CCCCCCCCC(C)CC)COP(=O)(O)OC[C@@H](O)COP(=O)(O)O. The molecule has 0 spiro atoms. The van der Waals surface area contributed by atoms with Gasteiger partial charge in [0.15, 0.2) is 6.10 Å². The maximum absolute atomic E-state index is 12.7. The van der Waals surface area contributed by atoms with Crippen molar-refractivity contribution < 1.29 is 76.6 Å². The molecular formula is C39H70O16P2. The number of ketones is 1. The van der Waals surface area contributed by atoms with Gasteiger partial charge >= 0.3 is 27.6 Å². The second kappa shape index (κ2) is 30.3. The normalized spacial score (nSPS) is 20.8. The molecule has 0 saturated heterocycles. The first-order chi connectivity index (χ1) is 27.0. The summed E-state index contributed by atoms with van der Waals surface area (Å²) in [5.74, 6) is -1.38. The van der Waals surface area contributed by atoms with Crippen LogP contribution in [0.25, 0.3) is 0 Å². The van der Waals surface area contributed by atoms with Gasteiger partial charge in [0.05, 0.1) is 32.0 Å². The molecule has 332 valence electrons. The molecule has 1 saturated carbocycles. The number of carbonyl (C=O) groups is 3. The second-order valence-corrected chi connectivity index (χ2v) is 17.6. The fourth-order valence-electron chi connectivity index (χ4n) is 6.13. The number of phosphoric ester groups is 2. The number of hydrogen-bond donors (Lipinski definition) is 6. The molecule has 1 fully saturated rings. The number of phosphoric acid groups is 2. The molecule has 1 aliphatic carbocycles. The standard InChI is InChI=1S/C39H70O16P2/c1-4-6-13-19-31(40)23-24-35-34(36(42)25-37(35)43)20-15-11-12-17-22-39(45)55-33(29-54-57(49,50)53-27-32(41)26-52-56(46,47)48)28-51-38(44)21-16-10-8-7-9-14-18-30(3)5-2/h11,15,23-24,30-35,37,40-41,43H,4-10,12-14,16-22,25-29H2,1-3H3,(H,49,50)(H2,46,47,48)/b15-11-,24-23+/t30?,31-,32-,33+,34+,35+,37+/m0/s1. The Morgan fingerprint density at radius 3 is 2.12 bits per heavy atom. The molecule has 57 heavy (non-hydrogen) atoms. The fraction of sp³-hybridized carbons (Fsp3) is 0.821. The molecule has 0 bridgehead atoms. The topological polar surface area (TPSA) is 253 Å². The van der Waals surface area contributed by atoms with Crippen molar-refractivity contribution >= 4 is 33.4 Å². The quantitative estimate of drug-likeness (QED) is 0.0177. The van der Waals surface area contributed by atoms with E-state index in [1.807, 2.05) is 12.2 Å². The van der Waals surface area contributed by atoms with Crippen molar-refractivity contribution in [3.8, 4) is 0 Å². The number of allylic oxidation sites excluding steroid dienone is 2. The van der Waals surface area contributed by atoms with E-state index < -0.39 is 90.3 Å². The van der Waals surface area contributed by atoms with Crippen molar-refractivity contribution in [2.24, 2.45) is 17.8 Å². The van der Waals surface area contributed by atoms with Gasteiger partial charge in [0.25, 0.3) is 0 Å². The Bertz CT molecular complexity index is 1290. The van der Waals surface area contributed by atoms with Crippen molar-refractivity contribution in [2.75, 3.05) is 26.4 Å². The predicted octanol–water partition coefficient (Wildman–Crippen LogP) is 6.39. The Morgan fingerprint density at radius 2 is 1.44 bits per heavy atom. The third-order valence-corrected chi connectivity index (χ3v) is 11.2. The molecule has 1 rings (SSSR count). The van der Waals surface area contributed by atoms with Crippen molar-refractivity contribution in [3.05, 3.63) is 24.3 Å². The summed E-state index contributed by atoms with van der Waals surface area (Å²) < 4.78 is 47.6. The monoisotopic (exact) mass is 856 g/mol. The number of unbranched alkanes of at least 4 members (excludes halogenated alkanes) is 8. The average molecular weight is 857 g/mol. The van der Waals surface area contributed by atoms with E-state index in [0.717, 1.165) is 50.9 Å². The average Bonchev–Trinajstić information content (AvgIpc) is 3.42. The Hall–Kier alpha value is -1.81. The van der Waals surface area contributed by atoms with Gasteiger partial charge in [0.2, 0.25) is 0 Å². The van der Waals surface area contributed by atoms with E-state index in [0.29, 0.717) is 32.1 Å². The summed E-state index contributed by atoms with van der Waals surface area (Å²) in [6, 6.07) is 0. The van der Waals surface area contributed by atoms with Crippen LogP contribution >= 0.6 is 15.6 Å². The van der Waals surface area contributed by atoms with E-state index in [9.17, 15) is 43.7 Å². The van der Waals surface area contributed by atoms with Crippen LogP contribution in [0.4, 0.5) is 0 Å². The summed E-state index contributed by atoms with van der Waals surface area (Å²) in [5, 5.41) is 30.4. The van der Waals surface area contributed by atoms with Crippen LogP contribution in [0.3, 0.4) is 0 Å². The lowest BCUT2D eigenvalue weighted by Gasteiger charge is -2.20. The minimum atomic E-state index is -4.90. The Balaban J connectivity index is 2.64. The van der Waals surface area contributed by atoms with Crippen LogP contribution in [-0.4, -0.2) is 98.6 Å². The Kier molecular flexibility index (Phi) is 28.2. The zero-order valence-corrected chi connectivity index (χ0v) is 35.9. The highest BCUT2D eigenvalue weighted by atomic mass is 31.2. The first-order valence-corrected chi connectivity index (χ1v) is 23.6. The van der Waals surface area contributed by atoms with Crippen LogP contribution in [0, 0.1) is 17.8 Å². The number of aliphatic hydroxyl groups is 3. The predicted molar refractivity (Wildman–Crippen MR) is 212 cm³/mol. The minimum absolute atomic E-state index is 0.0504. The molecule has 0 amide bonds. The van der Waals surface area contributed by atoms with Crippen LogP contribution in [0.1, 0.15) is 136 Å². The van der Waals surface area contributed by atoms with E-state index in [1.54, 1.807) is 12.2 Å². The smallest absolute Gasteiger partial charge is 0.462 e. The van der Waals surface area contributed by atoms with Crippen molar-refractivity contribution in [1.29, 1.82) is 0 Å². The lowest BCUT2D eigenvalue weighted by atomic mass is 9.90. The molecular weight excluding hydrogens is 786 g/mol. The third-order valence-electron chi connectivity index (χ3n) is 9.74. The van der Waals surface area contributed by atoms with E-state index in [1.165, 1.54) is 19.3 Å². The molecule has 1 aliphatic rings. The highest BCUT2D eigenvalue weighted by Gasteiger charge is 2.39. The number of esters is 2. The van der Waals surface area contributed by atoms with Crippen LogP contribution in [0.5, 0.6) is 0 Å².